The Kier molecular flexibility index (Phi) is 6.95. The third-order valence-electron chi connectivity index (χ3n) is 5.28. The van der Waals surface area contributed by atoms with Gasteiger partial charge in [-0.25, -0.2) is 8.42 Å². The minimum Gasteiger partial charge on any atom is -0.493 e. The second-order valence-corrected chi connectivity index (χ2v) is 10.4. The van der Waals surface area contributed by atoms with Gasteiger partial charge in [0.15, 0.2) is 5.69 Å². The molecule has 36 heavy (non-hydrogen) atoms. The largest absolute Gasteiger partial charge is 0.493 e. The number of para-hydroxylation sites is 2. The highest BCUT2D eigenvalue weighted by Crippen LogP contribution is 2.41. The fourth-order valence-corrected chi connectivity index (χ4v) is 5.16. The first-order valence-electron chi connectivity index (χ1n) is 10.9. The lowest BCUT2D eigenvalue weighted by Gasteiger charge is -2.11. The van der Waals surface area contributed by atoms with E-state index < -0.39 is 25.5 Å². The van der Waals surface area contributed by atoms with Gasteiger partial charge in [0.1, 0.15) is 10.6 Å². The van der Waals surface area contributed by atoms with Crippen molar-refractivity contribution in [3.05, 3.63) is 81.9 Å². The van der Waals surface area contributed by atoms with E-state index in [1.807, 2.05) is 26.0 Å². The van der Waals surface area contributed by atoms with Crippen molar-refractivity contribution in [2.24, 2.45) is 16.1 Å². The number of benzene rings is 3. The minimum atomic E-state index is -4.35. The Morgan fingerprint density at radius 3 is 2.47 bits per heavy atom. The molecule has 0 saturated heterocycles. The molecule has 1 heterocycles. The molecule has 0 atom stereocenters. The molecule has 4 aromatic rings. The summed E-state index contributed by atoms with van der Waals surface area (Å²) in [6, 6.07) is 16.6. The second kappa shape index (κ2) is 9.96. The number of nitrogens with one attached hydrogen (secondary N) is 1. The molecule has 0 aliphatic heterocycles. The lowest BCUT2D eigenvalue weighted by molar-refractivity contribution is -0.385. The zero-order valence-corrected chi connectivity index (χ0v) is 20.9. The summed E-state index contributed by atoms with van der Waals surface area (Å²) in [5, 5.41) is 31.3. The smallest absolute Gasteiger partial charge is 0.270 e. The fraction of sp³-hybridized carbons (Fsp3) is 0.167. The summed E-state index contributed by atoms with van der Waals surface area (Å²) in [5.74, 6) is 0.118. The van der Waals surface area contributed by atoms with Crippen LogP contribution in [0.5, 0.6) is 5.88 Å². The number of fused-ring (bicyclic) bond motifs is 1. The highest BCUT2D eigenvalue weighted by Gasteiger charge is 2.24. The van der Waals surface area contributed by atoms with Crippen molar-refractivity contribution >= 4 is 55.3 Å². The third kappa shape index (κ3) is 5.02. The van der Waals surface area contributed by atoms with Crippen molar-refractivity contribution in [1.82, 2.24) is 4.57 Å². The molecule has 12 heteroatoms. The van der Waals surface area contributed by atoms with Crippen LogP contribution in [0.4, 0.5) is 22.7 Å². The number of non-ortho nitro benzene ring substituents is 1. The van der Waals surface area contributed by atoms with Gasteiger partial charge in [-0.2, -0.15) is 0 Å². The molecule has 0 amide bonds. The maximum Gasteiger partial charge on any atom is 0.270 e. The zero-order valence-electron chi connectivity index (χ0n) is 19.3. The Morgan fingerprint density at radius 1 is 1.08 bits per heavy atom. The number of sulfonamides is 1. The van der Waals surface area contributed by atoms with E-state index in [1.54, 1.807) is 28.8 Å². The minimum absolute atomic E-state index is 0.1000. The molecule has 4 rings (SSSR count). The number of azo groups is 1. The molecular formula is C24H22ClN5O5S. The molecule has 1 aromatic heterocycles. The number of hydrogen-bond donors (Lipinski definition) is 2. The summed E-state index contributed by atoms with van der Waals surface area (Å²) in [7, 11) is -4.35. The Labute approximate surface area is 212 Å². The van der Waals surface area contributed by atoms with Gasteiger partial charge in [0.2, 0.25) is 5.88 Å². The molecule has 0 aliphatic carbocycles. The van der Waals surface area contributed by atoms with Crippen LogP contribution < -0.4 is 4.72 Å². The predicted octanol–water partition coefficient (Wildman–Crippen LogP) is 6.78. The van der Waals surface area contributed by atoms with E-state index in [0.717, 1.165) is 17.6 Å². The number of nitro groups is 1. The molecular weight excluding hydrogens is 506 g/mol. The molecule has 0 radical (unpaired) electrons. The van der Waals surface area contributed by atoms with Gasteiger partial charge in [-0.3, -0.25) is 14.8 Å². The number of rotatable bonds is 8. The summed E-state index contributed by atoms with van der Waals surface area (Å²) in [5.41, 5.74) is 0.412. The molecule has 186 valence electrons. The number of hydrogen-bond acceptors (Lipinski definition) is 7. The first-order chi connectivity index (χ1) is 17.1. The molecule has 0 fully saturated rings. The standard InChI is InChI=1S/C24H22ClN5O5S/c1-15(2)14-29-21-10-6-3-7-17(21)23(24(29)31)27-26-20-12-11-16(30(32)33)13-22(20)36(34,35)28-19-9-5-4-8-18(19)25/h3-13,15,28,31H,14H2,1-2H3. The van der Waals surface area contributed by atoms with Crippen molar-refractivity contribution in [2.75, 3.05) is 4.72 Å². The molecule has 2 N–H and O–H groups in total. The molecule has 0 unspecified atom stereocenters. The van der Waals surface area contributed by atoms with E-state index in [9.17, 15) is 23.6 Å². The Bertz CT molecular complexity index is 1600. The van der Waals surface area contributed by atoms with Crippen molar-refractivity contribution in [1.29, 1.82) is 0 Å². The Hall–Kier alpha value is -3.96. The predicted molar refractivity (Wildman–Crippen MR) is 138 cm³/mol. The summed E-state index contributed by atoms with van der Waals surface area (Å²) >= 11 is 6.08. The van der Waals surface area contributed by atoms with Gasteiger partial charge < -0.3 is 9.67 Å². The number of nitro benzene ring substituents is 1. The number of aromatic hydroxyl groups is 1. The summed E-state index contributed by atoms with van der Waals surface area (Å²) in [6.45, 7) is 4.55. The van der Waals surface area contributed by atoms with Gasteiger partial charge in [0.05, 0.1) is 21.2 Å². The van der Waals surface area contributed by atoms with E-state index in [2.05, 4.69) is 15.0 Å². The molecule has 3 aromatic carbocycles. The van der Waals surface area contributed by atoms with Crippen LogP contribution in [0.3, 0.4) is 0 Å². The first kappa shape index (κ1) is 25.1. The Balaban J connectivity index is 1.83. The van der Waals surface area contributed by atoms with E-state index in [1.165, 1.54) is 18.2 Å². The highest BCUT2D eigenvalue weighted by molar-refractivity contribution is 7.92. The number of halogens is 1. The van der Waals surface area contributed by atoms with E-state index in [-0.39, 0.29) is 33.9 Å². The van der Waals surface area contributed by atoms with Gasteiger partial charge in [-0.05, 0) is 30.2 Å². The second-order valence-electron chi connectivity index (χ2n) is 8.39. The summed E-state index contributed by atoms with van der Waals surface area (Å²) in [6.07, 6.45) is 0. The van der Waals surface area contributed by atoms with Gasteiger partial charge in [0.25, 0.3) is 15.7 Å². The van der Waals surface area contributed by atoms with Crippen LogP contribution in [0.15, 0.2) is 81.9 Å². The van der Waals surface area contributed by atoms with Crippen molar-refractivity contribution in [3.63, 3.8) is 0 Å². The van der Waals surface area contributed by atoms with Crippen molar-refractivity contribution < 1.29 is 18.4 Å². The van der Waals surface area contributed by atoms with Crippen LogP contribution in [0.25, 0.3) is 10.9 Å². The molecule has 10 nitrogen and oxygen atoms in total. The normalized spacial score (nSPS) is 12.0. The maximum atomic E-state index is 13.2. The van der Waals surface area contributed by atoms with Crippen LogP contribution in [0, 0.1) is 16.0 Å². The van der Waals surface area contributed by atoms with Gasteiger partial charge in [-0.15, -0.1) is 10.2 Å². The van der Waals surface area contributed by atoms with Crippen LogP contribution >= 0.6 is 11.6 Å². The van der Waals surface area contributed by atoms with Gasteiger partial charge >= 0.3 is 0 Å². The monoisotopic (exact) mass is 527 g/mol. The number of nitrogens with zero attached hydrogens (tertiary/aromatic N) is 4. The van der Waals surface area contributed by atoms with Crippen molar-refractivity contribution in [3.8, 4) is 5.88 Å². The molecule has 0 spiro atoms. The summed E-state index contributed by atoms with van der Waals surface area (Å²) in [4.78, 5) is 10.2. The van der Waals surface area contributed by atoms with E-state index in [4.69, 9.17) is 11.6 Å². The maximum absolute atomic E-state index is 13.2. The lowest BCUT2D eigenvalue weighted by Crippen LogP contribution is -2.13. The van der Waals surface area contributed by atoms with Crippen LogP contribution in [0.2, 0.25) is 5.02 Å². The van der Waals surface area contributed by atoms with Crippen LogP contribution in [-0.2, 0) is 16.6 Å². The van der Waals surface area contributed by atoms with E-state index >= 15 is 0 Å². The molecule has 0 saturated carbocycles. The topological polar surface area (TPSA) is 139 Å². The quantitative estimate of drug-likeness (QED) is 0.148. The Morgan fingerprint density at radius 2 is 1.78 bits per heavy atom. The van der Waals surface area contributed by atoms with Gasteiger partial charge in [-0.1, -0.05) is 55.8 Å². The highest BCUT2D eigenvalue weighted by atomic mass is 35.5. The lowest BCUT2D eigenvalue weighted by atomic mass is 10.2. The fourth-order valence-electron chi connectivity index (χ4n) is 3.68. The zero-order chi connectivity index (χ0) is 26.0. The van der Waals surface area contributed by atoms with E-state index in [0.29, 0.717) is 11.9 Å². The van der Waals surface area contributed by atoms with Gasteiger partial charge in [0, 0.05) is 24.1 Å². The molecule has 0 bridgehead atoms. The first-order valence-corrected chi connectivity index (χ1v) is 12.7. The SMILES string of the molecule is CC(C)Cn1c(O)c(N=Nc2ccc([N+](=O)[O-])cc2S(=O)(=O)Nc2ccccc2Cl)c2ccccc21. The average Bonchev–Trinajstić information content (AvgIpc) is 3.09. The number of anilines is 1. The summed E-state index contributed by atoms with van der Waals surface area (Å²) < 4.78 is 30.5. The number of aromatic nitrogens is 1. The molecule has 0 aliphatic rings. The third-order valence-corrected chi connectivity index (χ3v) is 7.01. The van der Waals surface area contributed by atoms with Crippen LogP contribution in [-0.4, -0.2) is 23.0 Å². The van der Waals surface area contributed by atoms with Crippen LogP contribution in [0.1, 0.15) is 13.8 Å². The average molecular weight is 528 g/mol. The van der Waals surface area contributed by atoms with Crippen molar-refractivity contribution in [2.45, 2.75) is 25.3 Å².